The molecular weight excluding hydrogens is 190 g/mol. The van der Waals surface area contributed by atoms with Gasteiger partial charge in [0.05, 0.1) is 5.69 Å². The molecule has 15 heavy (non-hydrogen) atoms. The Hall–Kier alpha value is -0.870. The van der Waals surface area contributed by atoms with Crippen LogP contribution in [0.4, 0.5) is 0 Å². The summed E-state index contributed by atoms with van der Waals surface area (Å²) < 4.78 is 2.02. The maximum absolute atomic E-state index is 8.87. The van der Waals surface area contributed by atoms with Gasteiger partial charge >= 0.3 is 0 Å². The van der Waals surface area contributed by atoms with E-state index in [9.17, 15) is 0 Å². The zero-order valence-corrected chi connectivity index (χ0v) is 9.61. The molecule has 0 fully saturated rings. The molecule has 0 aromatic carbocycles. The molecule has 1 unspecified atom stereocenters. The minimum Gasteiger partial charge on any atom is -0.396 e. The van der Waals surface area contributed by atoms with Crippen LogP contribution < -0.4 is 5.32 Å². The van der Waals surface area contributed by atoms with Crippen LogP contribution in [0.5, 0.6) is 0 Å². The van der Waals surface area contributed by atoms with Crippen LogP contribution in [-0.4, -0.2) is 28.0 Å². The third-order valence-electron chi connectivity index (χ3n) is 2.35. The fourth-order valence-corrected chi connectivity index (χ4v) is 1.43. The molecule has 0 bridgehead atoms. The van der Waals surface area contributed by atoms with Crippen LogP contribution in [-0.2, 0) is 13.1 Å². The molecule has 0 spiro atoms. The Labute approximate surface area is 91.3 Å². The molecule has 2 N–H and O–H groups in total. The molecule has 1 aromatic heterocycles. The third kappa shape index (κ3) is 4.01. The van der Waals surface area contributed by atoms with Gasteiger partial charge in [-0.25, -0.2) is 0 Å². The molecule has 0 aliphatic carbocycles. The lowest BCUT2D eigenvalue weighted by atomic mass is 10.2. The van der Waals surface area contributed by atoms with E-state index >= 15 is 0 Å². The first-order valence-corrected chi connectivity index (χ1v) is 5.60. The summed E-state index contributed by atoms with van der Waals surface area (Å²) in [5.41, 5.74) is 1.21. The highest BCUT2D eigenvalue weighted by Crippen LogP contribution is 2.00. The second-order valence-electron chi connectivity index (χ2n) is 3.96. The van der Waals surface area contributed by atoms with Gasteiger partial charge in [-0.3, -0.25) is 4.68 Å². The summed E-state index contributed by atoms with van der Waals surface area (Å²) in [4.78, 5) is 0. The molecule has 0 saturated carbocycles. The van der Waals surface area contributed by atoms with Gasteiger partial charge < -0.3 is 10.4 Å². The topological polar surface area (TPSA) is 50.1 Å². The van der Waals surface area contributed by atoms with Crippen molar-refractivity contribution in [2.75, 3.05) is 13.2 Å². The van der Waals surface area contributed by atoms with E-state index in [1.165, 1.54) is 5.69 Å². The monoisotopic (exact) mass is 211 g/mol. The van der Waals surface area contributed by atoms with Crippen molar-refractivity contribution in [2.24, 2.45) is 5.92 Å². The molecule has 1 aromatic rings. The van der Waals surface area contributed by atoms with E-state index in [1.807, 2.05) is 23.9 Å². The Morgan fingerprint density at radius 3 is 3.07 bits per heavy atom. The van der Waals surface area contributed by atoms with E-state index in [4.69, 9.17) is 5.11 Å². The fraction of sp³-hybridized carbons (Fsp3) is 0.727. The van der Waals surface area contributed by atoms with Gasteiger partial charge in [-0.1, -0.05) is 13.8 Å². The van der Waals surface area contributed by atoms with Crippen molar-refractivity contribution in [3.63, 3.8) is 0 Å². The first kappa shape index (κ1) is 12.2. The number of aliphatic hydroxyl groups excluding tert-OH is 1. The lowest BCUT2D eigenvalue weighted by Crippen LogP contribution is -2.24. The van der Waals surface area contributed by atoms with E-state index < -0.39 is 0 Å². The minimum atomic E-state index is 0.237. The number of hydrogen-bond acceptors (Lipinski definition) is 3. The Balaban J connectivity index is 2.33. The van der Waals surface area contributed by atoms with Crippen LogP contribution in [0.25, 0.3) is 0 Å². The van der Waals surface area contributed by atoms with E-state index in [1.54, 1.807) is 0 Å². The maximum atomic E-state index is 8.87. The first-order chi connectivity index (χ1) is 7.27. The van der Waals surface area contributed by atoms with Crippen molar-refractivity contribution >= 4 is 0 Å². The predicted molar refractivity (Wildman–Crippen MR) is 60.5 cm³/mol. The standard InChI is InChI=1S/C11H21N3O/c1-3-6-14-11(4-5-13-14)8-12-7-10(2)9-15/h4-5,10,12,15H,3,6-9H2,1-2H3. The van der Waals surface area contributed by atoms with Gasteiger partial charge in [0.25, 0.3) is 0 Å². The first-order valence-electron chi connectivity index (χ1n) is 5.60. The SMILES string of the molecule is CCCn1nccc1CNCC(C)CO. The summed E-state index contributed by atoms with van der Waals surface area (Å²) in [6.07, 6.45) is 2.93. The number of nitrogens with one attached hydrogen (secondary N) is 1. The van der Waals surface area contributed by atoms with Crippen LogP contribution in [0.2, 0.25) is 0 Å². The lowest BCUT2D eigenvalue weighted by Gasteiger charge is -2.10. The Kier molecular flexibility index (Phi) is 5.36. The van der Waals surface area contributed by atoms with Crippen LogP contribution in [0.15, 0.2) is 12.3 Å². The normalized spacial score (nSPS) is 13.0. The zero-order valence-electron chi connectivity index (χ0n) is 9.61. The number of aromatic nitrogens is 2. The Morgan fingerprint density at radius 2 is 2.40 bits per heavy atom. The molecule has 4 nitrogen and oxygen atoms in total. The molecular formula is C11H21N3O. The number of rotatable bonds is 7. The highest BCUT2D eigenvalue weighted by Gasteiger charge is 2.02. The van der Waals surface area contributed by atoms with E-state index in [0.29, 0.717) is 5.92 Å². The smallest absolute Gasteiger partial charge is 0.0522 e. The van der Waals surface area contributed by atoms with Crippen molar-refractivity contribution in [3.8, 4) is 0 Å². The van der Waals surface area contributed by atoms with Crippen LogP contribution in [0.1, 0.15) is 26.0 Å². The maximum Gasteiger partial charge on any atom is 0.0522 e. The average Bonchev–Trinajstić information content (AvgIpc) is 2.66. The van der Waals surface area contributed by atoms with Crippen molar-refractivity contribution in [2.45, 2.75) is 33.4 Å². The highest BCUT2D eigenvalue weighted by atomic mass is 16.3. The molecule has 0 amide bonds. The van der Waals surface area contributed by atoms with Crippen molar-refractivity contribution in [1.29, 1.82) is 0 Å². The van der Waals surface area contributed by atoms with Gasteiger partial charge in [0.1, 0.15) is 0 Å². The van der Waals surface area contributed by atoms with Crippen molar-refractivity contribution < 1.29 is 5.11 Å². The second-order valence-corrected chi connectivity index (χ2v) is 3.96. The number of nitrogens with zero attached hydrogens (tertiary/aromatic N) is 2. The number of aryl methyl sites for hydroxylation is 1. The second kappa shape index (κ2) is 6.58. The lowest BCUT2D eigenvalue weighted by molar-refractivity contribution is 0.233. The molecule has 1 atom stereocenters. The van der Waals surface area contributed by atoms with E-state index in [0.717, 1.165) is 26.1 Å². The summed E-state index contributed by atoms with van der Waals surface area (Å²) in [6, 6.07) is 2.03. The number of aliphatic hydroxyl groups is 1. The minimum absolute atomic E-state index is 0.237. The molecule has 86 valence electrons. The fourth-order valence-electron chi connectivity index (χ4n) is 1.43. The summed E-state index contributed by atoms with van der Waals surface area (Å²) in [5.74, 6) is 0.313. The average molecular weight is 211 g/mol. The molecule has 1 heterocycles. The molecule has 1 rings (SSSR count). The summed E-state index contributed by atoms with van der Waals surface area (Å²) in [5, 5.41) is 16.4. The van der Waals surface area contributed by atoms with Crippen LogP contribution in [0, 0.1) is 5.92 Å². The zero-order chi connectivity index (χ0) is 11.1. The van der Waals surface area contributed by atoms with Gasteiger partial charge in [0.2, 0.25) is 0 Å². The molecule has 0 radical (unpaired) electrons. The van der Waals surface area contributed by atoms with E-state index in [2.05, 4.69) is 17.3 Å². The Morgan fingerprint density at radius 1 is 1.60 bits per heavy atom. The summed E-state index contributed by atoms with van der Waals surface area (Å²) in [6.45, 7) is 7.04. The number of hydrogen-bond donors (Lipinski definition) is 2. The summed E-state index contributed by atoms with van der Waals surface area (Å²) >= 11 is 0. The molecule has 4 heteroatoms. The van der Waals surface area contributed by atoms with Gasteiger partial charge in [-0.2, -0.15) is 5.10 Å². The third-order valence-corrected chi connectivity index (χ3v) is 2.35. The molecule has 0 aliphatic heterocycles. The van der Waals surface area contributed by atoms with Crippen molar-refractivity contribution in [3.05, 3.63) is 18.0 Å². The van der Waals surface area contributed by atoms with Gasteiger partial charge in [-0.15, -0.1) is 0 Å². The van der Waals surface area contributed by atoms with Crippen LogP contribution in [0.3, 0.4) is 0 Å². The van der Waals surface area contributed by atoms with Gasteiger partial charge in [-0.05, 0) is 18.4 Å². The van der Waals surface area contributed by atoms with Gasteiger partial charge in [0.15, 0.2) is 0 Å². The molecule has 0 saturated heterocycles. The Bertz CT molecular complexity index is 273. The highest BCUT2D eigenvalue weighted by molar-refractivity contribution is 4.99. The predicted octanol–water partition coefficient (Wildman–Crippen LogP) is 1.01. The summed E-state index contributed by atoms with van der Waals surface area (Å²) in [7, 11) is 0. The van der Waals surface area contributed by atoms with Gasteiger partial charge in [0, 0.05) is 32.4 Å². The molecule has 0 aliphatic rings. The largest absolute Gasteiger partial charge is 0.396 e. The quantitative estimate of drug-likeness (QED) is 0.707. The van der Waals surface area contributed by atoms with Crippen molar-refractivity contribution in [1.82, 2.24) is 15.1 Å². The van der Waals surface area contributed by atoms with E-state index in [-0.39, 0.29) is 6.61 Å². The van der Waals surface area contributed by atoms with Crippen LogP contribution >= 0.6 is 0 Å².